The summed E-state index contributed by atoms with van der Waals surface area (Å²) in [6.45, 7) is 2.88. The lowest BCUT2D eigenvalue weighted by atomic mass is 10.2. The number of fused-ring (bicyclic) bond motifs is 1. The third-order valence-electron chi connectivity index (χ3n) is 4.69. The summed E-state index contributed by atoms with van der Waals surface area (Å²) >= 11 is 0. The summed E-state index contributed by atoms with van der Waals surface area (Å²) in [4.78, 5) is 12.9. The highest BCUT2D eigenvalue weighted by Gasteiger charge is 2.21. The Balaban J connectivity index is 1.52. The van der Waals surface area contributed by atoms with Crippen LogP contribution in [-0.2, 0) is 10.0 Å². The minimum Gasteiger partial charge on any atom is -0.368 e. The smallest absolute Gasteiger partial charge is 0.238 e. The van der Waals surface area contributed by atoms with E-state index in [2.05, 4.69) is 19.8 Å². The van der Waals surface area contributed by atoms with Gasteiger partial charge in [-0.1, -0.05) is 0 Å². The Morgan fingerprint density at radius 1 is 0.926 bits per heavy atom. The normalized spacial score (nSPS) is 15.3. The van der Waals surface area contributed by atoms with E-state index in [4.69, 9.17) is 5.14 Å². The summed E-state index contributed by atoms with van der Waals surface area (Å²) in [6.07, 6.45) is 1.49. The molecule has 0 spiro atoms. The van der Waals surface area contributed by atoms with Crippen LogP contribution in [0.5, 0.6) is 0 Å². The second kappa shape index (κ2) is 6.75. The van der Waals surface area contributed by atoms with E-state index in [0.29, 0.717) is 24.0 Å². The van der Waals surface area contributed by atoms with Crippen LogP contribution in [0.1, 0.15) is 0 Å². The van der Waals surface area contributed by atoms with E-state index >= 15 is 0 Å². The van der Waals surface area contributed by atoms with Crippen LogP contribution in [0.3, 0.4) is 0 Å². The first-order chi connectivity index (χ1) is 12.9. The molecule has 7 nitrogen and oxygen atoms in total. The van der Waals surface area contributed by atoms with Gasteiger partial charge in [0.15, 0.2) is 0 Å². The van der Waals surface area contributed by atoms with E-state index in [9.17, 15) is 12.8 Å². The number of aromatic nitrogens is 2. The summed E-state index contributed by atoms with van der Waals surface area (Å²) in [5.41, 5.74) is 1.64. The summed E-state index contributed by atoms with van der Waals surface area (Å²) in [7, 11) is -3.69. The van der Waals surface area contributed by atoms with Crippen molar-refractivity contribution in [2.24, 2.45) is 5.14 Å². The van der Waals surface area contributed by atoms with Crippen LogP contribution >= 0.6 is 0 Å². The molecule has 0 amide bonds. The number of sulfonamides is 1. The molecule has 140 valence electrons. The average Bonchev–Trinajstić information content (AvgIpc) is 2.67. The van der Waals surface area contributed by atoms with Gasteiger partial charge >= 0.3 is 0 Å². The first-order valence-corrected chi connectivity index (χ1v) is 9.99. The van der Waals surface area contributed by atoms with Crippen molar-refractivity contribution < 1.29 is 12.8 Å². The first kappa shape index (κ1) is 17.6. The molecule has 1 saturated heterocycles. The van der Waals surface area contributed by atoms with E-state index in [0.717, 1.165) is 24.6 Å². The molecule has 1 aromatic heterocycles. The topological polar surface area (TPSA) is 92.4 Å². The number of nitrogens with two attached hydrogens (primary N) is 1. The lowest BCUT2D eigenvalue weighted by Crippen LogP contribution is -2.46. The molecule has 0 unspecified atom stereocenters. The van der Waals surface area contributed by atoms with E-state index in [1.54, 1.807) is 18.2 Å². The van der Waals surface area contributed by atoms with E-state index in [1.807, 2.05) is 0 Å². The van der Waals surface area contributed by atoms with Crippen LogP contribution in [0.15, 0.2) is 53.7 Å². The number of primary sulfonamides is 1. The van der Waals surface area contributed by atoms with E-state index < -0.39 is 10.0 Å². The summed E-state index contributed by atoms with van der Waals surface area (Å²) < 4.78 is 36.4. The molecule has 4 rings (SSSR count). The molecule has 0 radical (unpaired) electrons. The Morgan fingerprint density at radius 3 is 2.26 bits per heavy atom. The van der Waals surface area contributed by atoms with Gasteiger partial charge in [-0.3, -0.25) is 0 Å². The molecule has 0 bridgehead atoms. The van der Waals surface area contributed by atoms with Crippen LogP contribution in [0.4, 0.5) is 15.9 Å². The van der Waals surface area contributed by atoms with Crippen molar-refractivity contribution in [3.8, 4) is 0 Å². The molecule has 2 heterocycles. The number of hydrogen-bond donors (Lipinski definition) is 1. The van der Waals surface area contributed by atoms with Crippen LogP contribution in [0, 0.1) is 5.82 Å². The quantitative estimate of drug-likeness (QED) is 0.736. The number of benzene rings is 2. The minimum absolute atomic E-state index is 0.0966. The SMILES string of the molecule is NS(=O)(=O)c1ccc(N2CCN(c3ncnc4ccc(F)cc34)CC2)cc1. The molecule has 27 heavy (non-hydrogen) atoms. The standard InChI is InChI=1S/C18H18FN5O2S/c19-13-1-6-17-16(11-13)18(22-12-21-17)24-9-7-23(8-10-24)14-2-4-15(5-3-14)27(20,25)26/h1-6,11-12H,7-10H2,(H2,20,25,26). The van der Waals surface area contributed by atoms with Crippen LogP contribution in [0.2, 0.25) is 0 Å². The number of piperazine rings is 1. The Kier molecular flexibility index (Phi) is 4.40. The molecule has 0 atom stereocenters. The average molecular weight is 387 g/mol. The van der Waals surface area contributed by atoms with Crippen molar-refractivity contribution in [3.63, 3.8) is 0 Å². The first-order valence-electron chi connectivity index (χ1n) is 8.45. The van der Waals surface area contributed by atoms with Crippen molar-refractivity contribution in [2.75, 3.05) is 36.0 Å². The number of anilines is 2. The van der Waals surface area contributed by atoms with Crippen LogP contribution < -0.4 is 14.9 Å². The molecule has 1 aliphatic rings. The zero-order valence-corrected chi connectivity index (χ0v) is 15.2. The minimum atomic E-state index is -3.69. The number of halogens is 1. The zero-order chi connectivity index (χ0) is 19.0. The Labute approximate surface area is 156 Å². The van der Waals surface area contributed by atoms with Gasteiger partial charge in [0.05, 0.1) is 10.4 Å². The third-order valence-corrected chi connectivity index (χ3v) is 5.62. The fraction of sp³-hybridized carbons (Fsp3) is 0.222. The monoisotopic (exact) mass is 387 g/mol. The van der Waals surface area contributed by atoms with Gasteiger partial charge < -0.3 is 9.80 Å². The predicted octanol–water partition coefficient (Wildman–Crippen LogP) is 1.74. The molecule has 2 N–H and O–H groups in total. The Morgan fingerprint density at radius 2 is 1.59 bits per heavy atom. The largest absolute Gasteiger partial charge is 0.368 e. The van der Waals surface area contributed by atoms with Gasteiger partial charge in [0, 0.05) is 37.3 Å². The fourth-order valence-corrected chi connectivity index (χ4v) is 3.81. The third kappa shape index (κ3) is 3.56. The van der Waals surface area contributed by atoms with Crippen LogP contribution in [-0.4, -0.2) is 44.6 Å². The Bertz CT molecular complexity index is 1080. The Hall–Kier alpha value is -2.78. The molecule has 0 saturated carbocycles. The highest BCUT2D eigenvalue weighted by Crippen LogP contribution is 2.26. The molecule has 1 fully saturated rings. The molecular formula is C18H18FN5O2S. The zero-order valence-electron chi connectivity index (χ0n) is 14.4. The fourth-order valence-electron chi connectivity index (χ4n) is 3.29. The van der Waals surface area contributed by atoms with E-state index in [-0.39, 0.29) is 10.7 Å². The van der Waals surface area contributed by atoms with Gasteiger partial charge in [-0.05, 0) is 42.5 Å². The molecular weight excluding hydrogens is 369 g/mol. The van der Waals surface area contributed by atoms with Crippen molar-refractivity contribution in [3.05, 3.63) is 54.6 Å². The molecule has 0 aliphatic carbocycles. The molecule has 3 aromatic rings. The number of hydrogen-bond acceptors (Lipinski definition) is 6. The molecule has 2 aromatic carbocycles. The predicted molar refractivity (Wildman–Crippen MR) is 102 cm³/mol. The van der Waals surface area contributed by atoms with Crippen molar-refractivity contribution >= 4 is 32.4 Å². The van der Waals surface area contributed by atoms with Crippen molar-refractivity contribution in [1.82, 2.24) is 9.97 Å². The summed E-state index contributed by atoms with van der Waals surface area (Å²) in [5, 5.41) is 5.83. The highest BCUT2D eigenvalue weighted by atomic mass is 32.2. The molecule has 1 aliphatic heterocycles. The maximum Gasteiger partial charge on any atom is 0.238 e. The number of nitrogens with zero attached hydrogens (tertiary/aromatic N) is 4. The maximum absolute atomic E-state index is 13.6. The lowest BCUT2D eigenvalue weighted by Gasteiger charge is -2.37. The number of rotatable bonds is 3. The second-order valence-corrected chi connectivity index (χ2v) is 7.93. The van der Waals surface area contributed by atoms with E-state index in [1.165, 1.54) is 30.6 Å². The van der Waals surface area contributed by atoms with Crippen LogP contribution in [0.25, 0.3) is 10.9 Å². The van der Waals surface area contributed by atoms with Gasteiger partial charge in [-0.15, -0.1) is 0 Å². The summed E-state index contributed by atoms with van der Waals surface area (Å²) in [5.74, 6) is 0.413. The molecule has 9 heteroatoms. The van der Waals surface area contributed by atoms with Gasteiger partial charge in [0.2, 0.25) is 10.0 Å². The maximum atomic E-state index is 13.6. The van der Waals surface area contributed by atoms with Crippen molar-refractivity contribution in [1.29, 1.82) is 0 Å². The highest BCUT2D eigenvalue weighted by molar-refractivity contribution is 7.89. The van der Waals surface area contributed by atoms with Gasteiger partial charge in [-0.2, -0.15) is 0 Å². The van der Waals surface area contributed by atoms with Gasteiger partial charge in [-0.25, -0.2) is 27.9 Å². The van der Waals surface area contributed by atoms with Gasteiger partial charge in [0.25, 0.3) is 0 Å². The summed E-state index contributed by atoms with van der Waals surface area (Å²) in [6, 6.07) is 11.0. The second-order valence-electron chi connectivity index (χ2n) is 6.37. The van der Waals surface area contributed by atoms with Gasteiger partial charge in [0.1, 0.15) is 18.0 Å². The van der Waals surface area contributed by atoms with Crippen molar-refractivity contribution in [2.45, 2.75) is 4.90 Å². The lowest BCUT2D eigenvalue weighted by molar-refractivity contribution is 0.597.